The van der Waals surface area contributed by atoms with Crippen LogP contribution in [0.15, 0.2) is 28.1 Å². The summed E-state index contributed by atoms with van der Waals surface area (Å²) in [6, 6.07) is 4.35. The maximum atomic E-state index is 11.6. The standard InChI is InChI=1S/C8H7ClN2O3S/c9-5-1-2-6-7(3-5)15(13,14)11-8(4-12)10-6/h1-3,12H,4H2,(H,10,11). The van der Waals surface area contributed by atoms with Gasteiger partial charge in [-0.2, -0.15) is 0 Å². The van der Waals surface area contributed by atoms with Gasteiger partial charge in [-0.05, 0) is 18.2 Å². The van der Waals surface area contributed by atoms with Crippen molar-refractivity contribution in [3.8, 4) is 0 Å². The molecule has 0 saturated carbocycles. The zero-order chi connectivity index (χ0) is 11.1. The number of benzene rings is 1. The molecule has 1 aromatic carbocycles. The summed E-state index contributed by atoms with van der Waals surface area (Å²) in [6.45, 7) is -0.457. The van der Waals surface area contributed by atoms with Gasteiger partial charge in [-0.1, -0.05) is 11.6 Å². The summed E-state index contributed by atoms with van der Waals surface area (Å²) < 4.78 is 25.4. The lowest BCUT2D eigenvalue weighted by atomic mass is 10.3. The Kier molecular flexibility index (Phi) is 2.41. The van der Waals surface area contributed by atoms with Crippen LogP contribution in [0.3, 0.4) is 0 Å². The highest BCUT2D eigenvalue weighted by molar-refractivity contribution is 7.90. The van der Waals surface area contributed by atoms with Crippen LogP contribution in [0.1, 0.15) is 0 Å². The Morgan fingerprint density at radius 3 is 2.87 bits per heavy atom. The fourth-order valence-corrected chi connectivity index (χ4v) is 2.68. The van der Waals surface area contributed by atoms with Crippen LogP contribution in [0.2, 0.25) is 5.02 Å². The molecular formula is C8H7ClN2O3S. The summed E-state index contributed by atoms with van der Waals surface area (Å²) in [5.41, 5.74) is 0.280. The van der Waals surface area contributed by atoms with Crippen molar-refractivity contribution in [1.82, 2.24) is 4.72 Å². The lowest BCUT2D eigenvalue weighted by Crippen LogP contribution is -2.35. The fraction of sp³-hybridized carbons (Fsp3) is 0.125. The topological polar surface area (TPSA) is 78.8 Å². The van der Waals surface area contributed by atoms with Crippen molar-refractivity contribution >= 4 is 33.1 Å². The quantitative estimate of drug-likeness (QED) is 0.764. The molecule has 0 radical (unpaired) electrons. The number of hydrogen-bond donors (Lipinski definition) is 2. The van der Waals surface area contributed by atoms with Crippen LogP contribution < -0.4 is 4.72 Å². The number of aliphatic imine (C=N–C) groups is 1. The normalized spacial score (nSPS) is 17.6. The Morgan fingerprint density at radius 2 is 2.20 bits per heavy atom. The van der Waals surface area contributed by atoms with E-state index in [4.69, 9.17) is 16.7 Å². The van der Waals surface area contributed by atoms with E-state index in [0.717, 1.165) is 0 Å². The van der Waals surface area contributed by atoms with Crippen LogP contribution >= 0.6 is 11.6 Å². The van der Waals surface area contributed by atoms with Crippen molar-refractivity contribution in [3.63, 3.8) is 0 Å². The minimum Gasteiger partial charge on any atom is -0.388 e. The zero-order valence-electron chi connectivity index (χ0n) is 7.44. The molecule has 5 nitrogen and oxygen atoms in total. The first-order valence-corrected chi connectivity index (χ1v) is 5.90. The van der Waals surface area contributed by atoms with E-state index in [-0.39, 0.29) is 16.4 Å². The molecule has 1 heterocycles. The third-order valence-corrected chi connectivity index (χ3v) is 3.51. The summed E-state index contributed by atoms with van der Waals surface area (Å²) in [6.07, 6.45) is 0. The van der Waals surface area contributed by atoms with Crippen LogP contribution in [-0.2, 0) is 10.0 Å². The molecule has 1 aliphatic heterocycles. The highest BCUT2D eigenvalue weighted by Gasteiger charge is 2.24. The number of hydrogen-bond acceptors (Lipinski definition) is 4. The molecule has 0 saturated heterocycles. The zero-order valence-corrected chi connectivity index (χ0v) is 9.01. The van der Waals surface area contributed by atoms with Crippen molar-refractivity contribution < 1.29 is 13.5 Å². The smallest absolute Gasteiger partial charge is 0.265 e. The highest BCUT2D eigenvalue weighted by atomic mass is 35.5. The molecule has 2 rings (SSSR count). The third kappa shape index (κ3) is 1.83. The molecule has 0 fully saturated rings. The molecule has 0 spiro atoms. The number of fused-ring (bicyclic) bond motifs is 1. The second-order valence-electron chi connectivity index (χ2n) is 2.93. The number of aliphatic hydroxyl groups is 1. The van der Waals surface area contributed by atoms with E-state index in [1.807, 2.05) is 0 Å². The number of amidine groups is 1. The Bertz CT molecular complexity index is 539. The lowest BCUT2D eigenvalue weighted by molar-refractivity contribution is 0.354. The minimum absolute atomic E-state index is 0.00447. The number of sulfonamides is 1. The van der Waals surface area contributed by atoms with Crippen molar-refractivity contribution in [2.45, 2.75) is 4.90 Å². The molecule has 1 aliphatic rings. The van der Waals surface area contributed by atoms with E-state index in [1.54, 1.807) is 6.07 Å². The molecular weight excluding hydrogens is 240 g/mol. The van der Waals surface area contributed by atoms with Gasteiger partial charge in [-0.15, -0.1) is 0 Å². The van der Waals surface area contributed by atoms with Gasteiger partial charge in [0.15, 0.2) is 0 Å². The average Bonchev–Trinajstić information content (AvgIpc) is 2.18. The summed E-state index contributed by atoms with van der Waals surface area (Å²) in [5.74, 6) is 0.00447. The van der Waals surface area contributed by atoms with E-state index < -0.39 is 16.6 Å². The number of halogens is 1. The van der Waals surface area contributed by atoms with E-state index >= 15 is 0 Å². The number of rotatable bonds is 1. The van der Waals surface area contributed by atoms with Crippen LogP contribution in [0.5, 0.6) is 0 Å². The van der Waals surface area contributed by atoms with Gasteiger partial charge >= 0.3 is 0 Å². The van der Waals surface area contributed by atoms with E-state index in [2.05, 4.69) is 9.71 Å². The van der Waals surface area contributed by atoms with Crippen molar-refractivity contribution in [2.24, 2.45) is 4.99 Å². The van der Waals surface area contributed by atoms with Gasteiger partial charge in [0, 0.05) is 5.02 Å². The average molecular weight is 247 g/mol. The molecule has 0 atom stereocenters. The Labute approximate surface area is 91.5 Å². The monoisotopic (exact) mass is 246 g/mol. The van der Waals surface area contributed by atoms with Crippen molar-refractivity contribution in [1.29, 1.82) is 0 Å². The van der Waals surface area contributed by atoms with Crippen LogP contribution in [0.4, 0.5) is 5.69 Å². The van der Waals surface area contributed by atoms with Gasteiger partial charge < -0.3 is 5.11 Å². The van der Waals surface area contributed by atoms with Crippen molar-refractivity contribution in [3.05, 3.63) is 23.2 Å². The number of aliphatic hydroxyl groups excluding tert-OH is 1. The first kappa shape index (κ1) is 10.4. The molecule has 15 heavy (non-hydrogen) atoms. The van der Waals surface area contributed by atoms with E-state index in [0.29, 0.717) is 5.02 Å². The van der Waals surface area contributed by atoms with E-state index in [9.17, 15) is 8.42 Å². The first-order valence-electron chi connectivity index (χ1n) is 4.04. The maximum Gasteiger partial charge on any atom is 0.265 e. The molecule has 0 aromatic heterocycles. The van der Waals surface area contributed by atoms with Crippen LogP contribution in [0, 0.1) is 0 Å². The SMILES string of the molecule is O=S1(=O)NC(CO)=Nc2ccc(Cl)cc21. The van der Waals surface area contributed by atoms with Gasteiger partial charge in [0.1, 0.15) is 17.3 Å². The third-order valence-electron chi connectivity index (χ3n) is 1.87. The molecule has 2 N–H and O–H groups in total. The van der Waals surface area contributed by atoms with Gasteiger partial charge in [0.05, 0.1) is 5.69 Å². The summed E-state index contributed by atoms with van der Waals surface area (Å²) in [5, 5.41) is 9.14. The molecule has 7 heteroatoms. The van der Waals surface area contributed by atoms with Gasteiger partial charge in [-0.3, -0.25) is 4.72 Å². The Balaban J connectivity index is 2.69. The second-order valence-corrected chi connectivity index (χ2v) is 5.02. The summed E-state index contributed by atoms with van der Waals surface area (Å²) in [4.78, 5) is 3.94. The number of nitrogens with one attached hydrogen (secondary N) is 1. The van der Waals surface area contributed by atoms with E-state index in [1.165, 1.54) is 12.1 Å². The minimum atomic E-state index is -3.65. The van der Waals surface area contributed by atoms with Gasteiger partial charge in [-0.25, -0.2) is 13.4 Å². The predicted octanol–water partition coefficient (Wildman–Crippen LogP) is 0.654. The Hall–Kier alpha value is -1.11. The maximum absolute atomic E-state index is 11.6. The van der Waals surface area contributed by atoms with Crippen LogP contribution in [0.25, 0.3) is 0 Å². The highest BCUT2D eigenvalue weighted by Crippen LogP contribution is 2.29. The molecule has 1 aromatic rings. The molecule has 80 valence electrons. The van der Waals surface area contributed by atoms with Crippen LogP contribution in [-0.4, -0.2) is 26.0 Å². The predicted molar refractivity (Wildman–Crippen MR) is 56.0 cm³/mol. The summed E-state index contributed by atoms with van der Waals surface area (Å²) >= 11 is 5.68. The van der Waals surface area contributed by atoms with Crippen molar-refractivity contribution in [2.75, 3.05) is 6.61 Å². The lowest BCUT2D eigenvalue weighted by Gasteiger charge is -2.16. The first-order chi connectivity index (χ1) is 7.03. The van der Waals surface area contributed by atoms with Gasteiger partial charge in [0.2, 0.25) is 0 Å². The molecule has 0 bridgehead atoms. The summed E-state index contributed by atoms with van der Waals surface area (Å²) in [7, 11) is -3.65. The molecule has 0 unspecified atom stereocenters. The fourth-order valence-electron chi connectivity index (χ4n) is 1.24. The van der Waals surface area contributed by atoms with Gasteiger partial charge in [0.25, 0.3) is 10.0 Å². The number of nitrogens with zero attached hydrogens (tertiary/aromatic N) is 1. The molecule has 0 aliphatic carbocycles. The molecule has 0 amide bonds. The Morgan fingerprint density at radius 1 is 1.47 bits per heavy atom. The second kappa shape index (κ2) is 3.48. The largest absolute Gasteiger partial charge is 0.388 e.